The minimum Gasteiger partial charge on any atom is -0.478 e. The van der Waals surface area contributed by atoms with Crippen molar-refractivity contribution in [3.63, 3.8) is 0 Å². The van der Waals surface area contributed by atoms with E-state index >= 15 is 0 Å². The molecule has 1 atom stereocenters. The molecule has 0 aliphatic carbocycles. The van der Waals surface area contributed by atoms with E-state index in [1.54, 1.807) is 18.2 Å². The quantitative estimate of drug-likeness (QED) is 0.593. The first-order valence-corrected chi connectivity index (χ1v) is 10.9. The Morgan fingerprint density at radius 3 is 2.66 bits per heavy atom. The van der Waals surface area contributed by atoms with Crippen LogP contribution in [-0.4, -0.2) is 34.1 Å². The fourth-order valence-corrected chi connectivity index (χ4v) is 4.28. The molecule has 2 aromatic carbocycles. The van der Waals surface area contributed by atoms with Gasteiger partial charge in [-0.25, -0.2) is 14.8 Å². The first kappa shape index (κ1) is 21.6. The number of nitrogens with one attached hydrogen (secondary N) is 1. The van der Waals surface area contributed by atoms with Gasteiger partial charge in [0.05, 0.1) is 22.6 Å². The summed E-state index contributed by atoms with van der Waals surface area (Å²) in [7, 11) is 0. The first-order valence-electron chi connectivity index (χ1n) is 10.9. The monoisotopic (exact) mass is 429 g/mol. The average Bonchev–Trinajstić information content (AvgIpc) is 2.78. The first-order chi connectivity index (χ1) is 15.4. The summed E-state index contributed by atoms with van der Waals surface area (Å²) in [5.41, 5.74) is 4.45. The summed E-state index contributed by atoms with van der Waals surface area (Å²) in [6, 6.07) is 12.9. The lowest BCUT2D eigenvalue weighted by molar-refractivity contribution is 0.0698. The predicted molar refractivity (Wildman–Crippen MR) is 125 cm³/mol. The molecule has 7 nitrogen and oxygen atoms in total. The summed E-state index contributed by atoms with van der Waals surface area (Å²) >= 11 is 0. The van der Waals surface area contributed by atoms with Gasteiger partial charge in [0.1, 0.15) is 6.07 Å². The predicted octanol–water partition coefficient (Wildman–Crippen LogP) is 4.92. The van der Waals surface area contributed by atoms with Crippen LogP contribution in [0.5, 0.6) is 0 Å². The average molecular weight is 430 g/mol. The lowest BCUT2D eigenvalue weighted by Gasteiger charge is -2.31. The molecule has 0 saturated carbocycles. The van der Waals surface area contributed by atoms with Gasteiger partial charge in [-0.3, -0.25) is 0 Å². The Morgan fingerprint density at radius 2 is 1.97 bits per heavy atom. The van der Waals surface area contributed by atoms with Crippen molar-refractivity contribution >= 4 is 28.5 Å². The summed E-state index contributed by atoms with van der Waals surface area (Å²) in [6.07, 6.45) is 2.13. The van der Waals surface area contributed by atoms with E-state index in [2.05, 4.69) is 28.2 Å². The van der Waals surface area contributed by atoms with E-state index in [0.717, 1.165) is 42.6 Å². The number of fused-ring (bicyclic) bond motifs is 1. The fraction of sp³-hybridized carbons (Fsp3) is 0.360. The minimum atomic E-state index is -0.977. The van der Waals surface area contributed by atoms with Crippen molar-refractivity contribution in [1.29, 1.82) is 5.26 Å². The third-order valence-electron chi connectivity index (χ3n) is 6.11. The van der Waals surface area contributed by atoms with Crippen molar-refractivity contribution < 1.29 is 9.90 Å². The third-order valence-corrected chi connectivity index (χ3v) is 6.11. The smallest absolute Gasteiger partial charge is 0.337 e. The second kappa shape index (κ2) is 8.83. The SMILES string of the molecule is Cc1cc([C@@H](C)Nc2ccccc2C(=O)O)c2nc(N3CCC(C)CC3)c(C#N)nc2c1. The van der Waals surface area contributed by atoms with Crippen LogP contribution in [0, 0.1) is 24.2 Å². The highest BCUT2D eigenvalue weighted by atomic mass is 16.4. The highest BCUT2D eigenvalue weighted by molar-refractivity contribution is 5.94. The van der Waals surface area contributed by atoms with Crippen LogP contribution in [0.25, 0.3) is 11.0 Å². The van der Waals surface area contributed by atoms with Crippen LogP contribution in [0.2, 0.25) is 0 Å². The number of carboxylic acid groups (broad SMARTS) is 1. The Morgan fingerprint density at radius 1 is 1.25 bits per heavy atom. The van der Waals surface area contributed by atoms with Gasteiger partial charge in [0.25, 0.3) is 0 Å². The van der Waals surface area contributed by atoms with Gasteiger partial charge in [-0.2, -0.15) is 5.26 Å². The van der Waals surface area contributed by atoms with E-state index in [4.69, 9.17) is 4.98 Å². The molecule has 1 aliphatic rings. The number of carbonyl (C=O) groups is 1. The number of benzene rings is 2. The molecule has 164 valence electrons. The van der Waals surface area contributed by atoms with Crippen molar-refractivity contribution in [3.05, 3.63) is 58.8 Å². The molecule has 0 radical (unpaired) electrons. The highest BCUT2D eigenvalue weighted by Crippen LogP contribution is 2.31. The number of hydrogen-bond acceptors (Lipinski definition) is 6. The molecule has 0 unspecified atom stereocenters. The highest BCUT2D eigenvalue weighted by Gasteiger charge is 2.23. The van der Waals surface area contributed by atoms with E-state index in [-0.39, 0.29) is 11.6 Å². The number of hydrogen-bond donors (Lipinski definition) is 2. The molecule has 32 heavy (non-hydrogen) atoms. The molecule has 1 fully saturated rings. The Labute approximate surface area is 187 Å². The van der Waals surface area contributed by atoms with E-state index in [1.165, 1.54) is 0 Å². The van der Waals surface area contributed by atoms with Crippen LogP contribution >= 0.6 is 0 Å². The van der Waals surface area contributed by atoms with Gasteiger partial charge in [0, 0.05) is 24.3 Å². The zero-order valence-corrected chi connectivity index (χ0v) is 18.6. The molecule has 2 N–H and O–H groups in total. The van der Waals surface area contributed by atoms with Gasteiger partial charge >= 0.3 is 5.97 Å². The molecule has 3 aromatic rings. The number of carboxylic acids is 1. The van der Waals surface area contributed by atoms with Crippen molar-refractivity contribution in [2.24, 2.45) is 5.92 Å². The molecule has 2 heterocycles. The third kappa shape index (κ3) is 4.22. The van der Waals surface area contributed by atoms with Gasteiger partial charge in [0.15, 0.2) is 11.5 Å². The lowest BCUT2D eigenvalue weighted by atomic mass is 9.99. The fourth-order valence-electron chi connectivity index (χ4n) is 4.28. The Balaban J connectivity index is 1.78. The minimum absolute atomic E-state index is 0.214. The van der Waals surface area contributed by atoms with E-state index < -0.39 is 5.97 Å². The summed E-state index contributed by atoms with van der Waals surface area (Å²) < 4.78 is 0. The lowest BCUT2D eigenvalue weighted by Crippen LogP contribution is -2.34. The van der Waals surface area contributed by atoms with Crippen LogP contribution in [0.15, 0.2) is 36.4 Å². The molecule has 4 rings (SSSR count). The summed E-state index contributed by atoms with van der Waals surface area (Å²) in [4.78, 5) is 23.4. The number of aromatic nitrogens is 2. The second-order valence-electron chi connectivity index (χ2n) is 8.62. The second-order valence-corrected chi connectivity index (χ2v) is 8.62. The van der Waals surface area contributed by atoms with Crippen molar-refractivity contribution in [2.45, 2.75) is 39.7 Å². The summed E-state index contributed by atoms with van der Waals surface area (Å²) in [6.45, 7) is 7.93. The molecule has 0 bridgehead atoms. The number of para-hydroxylation sites is 1. The van der Waals surface area contributed by atoms with Crippen LogP contribution in [0.3, 0.4) is 0 Å². The Hall–Kier alpha value is -3.66. The maximum Gasteiger partial charge on any atom is 0.337 e. The topological polar surface area (TPSA) is 102 Å². The van der Waals surface area contributed by atoms with Gasteiger partial charge in [-0.1, -0.05) is 25.1 Å². The Kier molecular flexibility index (Phi) is 5.95. The van der Waals surface area contributed by atoms with Crippen LogP contribution in [0.1, 0.15) is 59.9 Å². The van der Waals surface area contributed by atoms with Crippen LogP contribution in [0.4, 0.5) is 11.5 Å². The number of anilines is 2. The van der Waals surface area contributed by atoms with E-state index in [0.29, 0.717) is 28.6 Å². The van der Waals surface area contributed by atoms with Gasteiger partial charge in [-0.15, -0.1) is 0 Å². The van der Waals surface area contributed by atoms with E-state index in [9.17, 15) is 15.2 Å². The number of aromatic carboxylic acids is 1. The maximum atomic E-state index is 11.6. The zero-order valence-electron chi connectivity index (χ0n) is 18.6. The molecule has 1 saturated heterocycles. The van der Waals surface area contributed by atoms with Gasteiger partial charge in [0.2, 0.25) is 0 Å². The normalized spacial score (nSPS) is 15.4. The molecule has 0 spiro atoms. The number of rotatable bonds is 5. The number of nitriles is 1. The maximum absolute atomic E-state index is 11.6. The van der Waals surface area contributed by atoms with Crippen LogP contribution in [-0.2, 0) is 0 Å². The summed E-state index contributed by atoms with van der Waals surface area (Å²) in [5.74, 6) is 0.326. The van der Waals surface area contributed by atoms with Crippen molar-refractivity contribution in [3.8, 4) is 6.07 Å². The zero-order chi connectivity index (χ0) is 22.8. The molecular formula is C25H27N5O2. The van der Waals surface area contributed by atoms with Gasteiger partial charge in [-0.05, 0) is 56.4 Å². The molecular weight excluding hydrogens is 402 g/mol. The molecule has 7 heteroatoms. The largest absolute Gasteiger partial charge is 0.478 e. The number of piperidine rings is 1. The number of nitrogens with zero attached hydrogens (tertiary/aromatic N) is 4. The molecule has 0 amide bonds. The van der Waals surface area contributed by atoms with Crippen molar-refractivity contribution in [2.75, 3.05) is 23.3 Å². The van der Waals surface area contributed by atoms with Gasteiger partial charge < -0.3 is 15.3 Å². The van der Waals surface area contributed by atoms with Crippen molar-refractivity contribution in [1.82, 2.24) is 9.97 Å². The summed E-state index contributed by atoms with van der Waals surface area (Å²) in [5, 5.41) is 22.6. The van der Waals surface area contributed by atoms with E-state index in [1.807, 2.05) is 32.0 Å². The molecule has 1 aromatic heterocycles. The standard InChI is InChI=1S/C25H27N5O2/c1-15-8-10-30(11-9-15)24-22(14-26)28-21-13-16(2)12-19(23(21)29-24)17(3)27-20-7-5-4-6-18(20)25(31)32/h4-7,12-13,15,17,27H,8-11H2,1-3H3,(H,31,32)/t17-/m1/s1. The Bertz CT molecular complexity index is 1210. The number of aryl methyl sites for hydroxylation is 1. The van der Waals surface area contributed by atoms with Crippen LogP contribution < -0.4 is 10.2 Å². The molecule has 1 aliphatic heterocycles.